The molecule has 0 aromatic heterocycles. The van der Waals surface area contributed by atoms with Gasteiger partial charge in [-0.1, -0.05) is 25.0 Å². The van der Waals surface area contributed by atoms with Crippen molar-refractivity contribution in [3.05, 3.63) is 65.5 Å². The number of rotatable bonds is 6. The minimum absolute atomic E-state index is 0.103. The number of nitrogens with zero attached hydrogens (tertiary/aromatic N) is 1. The van der Waals surface area contributed by atoms with Crippen molar-refractivity contribution >= 4 is 35.5 Å². The zero-order valence-corrected chi connectivity index (χ0v) is 17.7. The maximum absolute atomic E-state index is 12.9. The number of hydrogen-bond acceptors (Lipinski definition) is 5. The summed E-state index contributed by atoms with van der Waals surface area (Å²) in [5.41, 5.74) is 0.915. The molecule has 2 N–H and O–H groups in total. The SMILES string of the molecule is O=C(COc1ccc(/C=C2\C(=O)NC(=O)N(C3CCCC3)C2=O)cc1)Nc1ccc(F)cc1. The number of carbonyl (C=O) groups is 4. The Morgan fingerprint density at radius 2 is 1.73 bits per heavy atom. The summed E-state index contributed by atoms with van der Waals surface area (Å²) in [5, 5.41) is 4.83. The van der Waals surface area contributed by atoms with Gasteiger partial charge in [-0.15, -0.1) is 0 Å². The number of ether oxygens (including phenoxy) is 1. The average molecular weight is 451 g/mol. The van der Waals surface area contributed by atoms with Gasteiger partial charge in [0.2, 0.25) is 0 Å². The van der Waals surface area contributed by atoms with E-state index < -0.39 is 29.6 Å². The van der Waals surface area contributed by atoms with E-state index >= 15 is 0 Å². The molecular weight excluding hydrogens is 429 g/mol. The van der Waals surface area contributed by atoms with Crippen LogP contribution < -0.4 is 15.4 Å². The van der Waals surface area contributed by atoms with Crippen molar-refractivity contribution in [3.63, 3.8) is 0 Å². The second-order valence-electron chi connectivity index (χ2n) is 7.84. The van der Waals surface area contributed by atoms with Gasteiger partial charge in [-0.2, -0.15) is 0 Å². The molecule has 8 nitrogen and oxygen atoms in total. The summed E-state index contributed by atoms with van der Waals surface area (Å²) < 4.78 is 18.4. The molecule has 5 amide bonds. The standard InChI is InChI=1S/C24H22FN3O5/c25-16-7-9-17(10-8-16)26-21(29)14-33-19-11-5-15(6-12-19)13-20-22(30)27-24(32)28(23(20)31)18-3-1-2-4-18/h5-13,18H,1-4,14H2,(H,26,29)(H,27,30,32)/b20-13+. The molecule has 33 heavy (non-hydrogen) atoms. The Morgan fingerprint density at radius 1 is 1.06 bits per heavy atom. The first-order valence-electron chi connectivity index (χ1n) is 10.6. The first-order valence-corrected chi connectivity index (χ1v) is 10.6. The van der Waals surface area contributed by atoms with Gasteiger partial charge in [-0.3, -0.25) is 24.6 Å². The van der Waals surface area contributed by atoms with Crippen molar-refractivity contribution in [3.8, 4) is 5.75 Å². The third-order valence-electron chi connectivity index (χ3n) is 5.51. The lowest BCUT2D eigenvalue weighted by molar-refractivity contribution is -0.131. The lowest BCUT2D eigenvalue weighted by atomic mass is 10.1. The van der Waals surface area contributed by atoms with E-state index in [1.807, 2.05) is 0 Å². The number of imide groups is 2. The third-order valence-corrected chi connectivity index (χ3v) is 5.51. The molecular formula is C24H22FN3O5. The second-order valence-corrected chi connectivity index (χ2v) is 7.84. The summed E-state index contributed by atoms with van der Waals surface area (Å²) in [7, 11) is 0. The highest BCUT2D eigenvalue weighted by molar-refractivity contribution is 6.31. The maximum Gasteiger partial charge on any atom is 0.331 e. The smallest absolute Gasteiger partial charge is 0.331 e. The maximum atomic E-state index is 12.9. The van der Waals surface area contributed by atoms with Gasteiger partial charge in [0.1, 0.15) is 17.1 Å². The molecule has 2 fully saturated rings. The molecule has 1 saturated carbocycles. The van der Waals surface area contributed by atoms with E-state index in [1.165, 1.54) is 30.3 Å². The van der Waals surface area contributed by atoms with Crippen LogP contribution in [-0.2, 0) is 14.4 Å². The normalized spacial score (nSPS) is 17.9. The van der Waals surface area contributed by atoms with Gasteiger partial charge in [-0.05, 0) is 60.9 Å². The Morgan fingerprint density at radius 3 is 2.39 bits per heavy atom. The number of hydrogen-bond donors (Lipinski definition) is 2. The van der Waals surface area contributed by atoms with Gasteiger partial charge < -0.3 is 10.1 Å². The number of carbonyl (C=O) groups excluding carboxylic acids is 4. The summed E-state index contributed by atoms with van der Waals surface area (Å²) in [5.74, 6) is -1.71. The average Bonchev–Trinajstić information content (AvgIpc) is 3.32. The molecule has 2 aromatic rings. The lowest BCUT2D eigenvalue weighted by Gasteiger charge is -2.31. The fraction of sp³-hybridized carbons (Fsp3) is 0.250. The van der Waals surface area contributed by atoms with Crippen molar-refractivity contribution in [2.45, 2.75) is 31.7 Å². The number of halogens is 1. The largest absolute Gasteiger partial charge is 0.484 e. The molecule has 4 rings (SSSR count). The van der Waals surface area contributed by atoms with Gasteiger partial charge in [-0.25, -0.2) is 9.18 Å². The van der Waals surface area contributed by atoms with Crippen LogP contribution in [0.2, 0.25) is 0 Å². The molecule has 1 aliphatic heterocycles. The van der Waals surface area contributed by atoms with Gasteiger partial charge in [0, 0.05) is 11.7 Å². The van der Waals surface area contributed by atoms with Crippen LogP contribution in [0.25, 0.3) is 6.08 Å². The van der Waals surface area contributed by atoms with E-state index in [0.29, 0.717) is 17.0 Å². The molecule has 0 bridgehead atoms. The van der Waals surface area contributed by atoms with E-state index in [1.54, 1.807) is 24.3 Å². The summed E-state index contributed by atoms with van der Waals surface area (Å²) >= 11 is 0. The lowest BCUT2D eigenvalue weighted by Crippen LogP contribution is -2.57. The van der Waals surface area contributed by atoms with E-state index in [-0.39, 0.29) is 18.2 Å². The quantitative estimate of drug-likeness (QED) is 0.518. The fourth-order valence-corrected chi connectivity index (χ4v) is 3.87. The van der Waals surface area contributed by atoms with Crippen molar-refractivity contribution in [1.82, 2.24) is 10.2 Å². The first-order chi connectivity index (χ1) is 15.9. The molecule has 2 aromatic carbocycles. The van der Waals surface area contributed by atoms with E-state index in [2.05, 4.69) is 10.6 Å². The molecule has 170 valence electrons. The molecule has 1 heterocycles. The Kier molecular flexibility index (Phi) is 6.48. The number of anilines is 1. The van der Waals surface area contributed by atoms with Crippen molar-refractivity contribution in [2.75, 3.05) is 11.9 Å². The summed E-state index contributed by atoms with van der Waals surface area (Å²) in [6, 6.07) is 11.0. The van der Waals surface area contributed by atoms with Crippen LogP contribution in [0, 0.1) is 5.82 Å². The highest BCUT2D eigenvalue weighted by atomic mass is 19.1. The minimum Gasteiger partial charge on any atom is -0.484 e. The number of barbiturate groups is 1. The van der Waals surface area contributed by atoms with Crippen molar-refractivity contribution in [1.29, 1.82) is 0 Å². The molecule has 1 saturated heterocycles. The highest BCUT2D eigenvalue weighted by Gasteiger charge is 2.40. The van der Waals surface area contributed by atoms with Gasteiger partial charge in [0.05, 0.1) is 0 Å². The Labute approximate surface area is 189 Å². The van der Waals surface area contributed by atoms with Crippen LogP contribution in [0.15, 0.2) is 54.1 Å². The molecule has 0 atom stereocenters. The van der Waals surface area contributed by atoms with Crippen LogP contribution in [0.1, 0.15) is 31.2 Å². The third kappa shape index (κ3) is 5.25. The Balaban J connectivity index is 1.38. The Bertz CT molecular complexity index is 1110. The van der Waals surface area contributed by atoms with Crippen LogP contribution >= 0.6 is 0 Å². The highest BCUT2D eigenvalue weighted by Crippen LogP contribution is 2.27. The molecule has 0 spiro atoms. The van der Waals surface area contributed by atoms with Crippen molar-refractivity contribution < 1.29 is 28.3 Å². The van der Waals surface area contributed by atoms with Crippen molar-refractivity contribution in [2.24, 2.45) is 0 Å². The summed E-state index contributed by atoms with van der Waals surface area (Å²) in [4.78, 5) is 50.4. The van der Waals surface area contributed by atoms with Gasteiger partial charge in [0.25, 0.3) is 17.7 Å². The van der Waals surface area contributed by atoms with E-state index in [9.17, 15) is 23.6 Å². The number of urea groups is 1. The summed E-state index contributed by atoms with van der Waals surface area (Å²) in [6.07, 6.45) is 4.79. The fourth-order valence-electron chi connectivity index (χ4n) is 3.87. The topological polar surface area (TPSA) is 105 Å². The zero-order chi connectivity index (χ0) is 23.4. The van der Waals surface area contributed by atoms with E-state index in [0.717, 1.165) is 30.6 Å². The monoisotopic (exact) mass is 451 g/mol. The zero-order valence-electron chi connectivity index (χ0n) is 17.7. The van der Waals surface area contributed by atoms with Gasteiger partial charge >= 0.3 is 6.03 Å². The van der Waals surface area contributed by atoms with Crippen LogP contribution in [0.3, 0.4) is 0 Å². The predicted molar refractivity (Wildman–Crippen MR) is 118 cm³/mol. The van der Waals surface area contributed by atoms with Gasteiger partial charge in [0.15, 0.2) is 6.61 Å². The van der Waals surface area contributed by atoms with Crippen LogP contribution in [-0.4, -0.2) is 41.3 Å². The van der Waals surface area contributed by atoms with Crippen LogP contribution in [0.5, 0.6) is 5.75 Å². The molecule has 2 aliphatic rings. The number of benzene rings is 2. The molecule has 9 heteroatoms. The minimum atomic E-state index is -0.725. The Hall–Kier alpha value is -4.01. The first kappa shape index (κ1) is 22.2. The number of amides is 5. The molecule has 0 radical (unpaired) electrons. The predicted octanol–water partition coefficient (Wildman–Crippen LogP) is 3.25. The summed E-state index contributed by atoms with van der Waals surface area (Å²) in [6.45, 7) is -0.253. The second kappa shape index (κ2) is 9.64. The van der Waals surface area contributed by atoms with Crippen LogP contribution in [0.4, 0.5) is 14.9 Å². The molecule has 0 unspecified atom stereocenters. The van der Waals surface area contributed by atoms with E-state index in [4.69, 9.17) is 4.74 Å². The molecule has 1 aliphatic carbocycles. The number of nitrogens with one attached hydrogen (secondary N) is 2.